The van der Waals surface area contributed by atoms with Gasteiger partial charge in [-0.1, -0.05) is 23.8 Å². The molecule has 0 aliphatic heterocycles. The van der Waals surface area contributed by atoms with Gasteiger partial charge in [-0.05, 0) is 60.7 Å². The lowest BCUT2D eigenvalue weighted by molar-refractivity contribution is 0.477. The van der Waals surface area contributed by atoms with E-state index in [2.05, 4.69) is 51.9 Å². The lowest BCUT2D eigenvalue weighted by atomic mass is 10.0. The summed E-state index contributed by atoms with van der Waals surface area (Å²) >= 11 is 1.72. The van der Waals surface area contributed by atoms with Crippen LogP contribution in [0, 0.1) is 6.92 Å². The first-order valence-corrected chi connectivity index (χ1v) is 11.0. The van der Waals surface area contributed by atoms with Gasteiger partial charge in [0, 0.05) is 35.3 Å². The van der Waals surface area contributed by atoms with Crippen LogP contribution in [0.1, 0.15) is 11.3 Å². The van der Waals surface area contributed by atoms with Crippen LogP contribution < -0.4 is 5.32 Å². The van der Waals surface area contributed by atoms with Crippen LogP contribution in [-0.4, -0.2) is 32.9 Å². The summed E-state index contributed by atoms with van der Waals surface area (Å²) in [4.78, 5) is 13.2. The largest absolute Gasteiger partial charge is 0.507 e. The Balaban J connectivity index is 1.69. The van der Waals surface area contributed by atoms with Crippen LogP contribution in [0.5, 0.6) is 5.75 Å². The van der Waals surface area contributed by atoms with Crippen molar-refractivity contribution in [1.82, 2.24) is 15.0 Å². The van der Waals surface area contributed by atoms with E-state index in [9.17, 15) is 5.11 Å². The van der Waals surface area contributed by atoms with Crippen molar-refractivity contribution >= 4 is 17.6 Å². The molecule has 0 spiro atoms. The van der Waals surface area contributed by atoms with Crippen molar-refractivity contribution in [3.63, 3.8) is 0 Å². The number of pyridine rings is 1. The van der Waals surface area contributed by atoms with Crippen molar-refractivity contribution in [2.75, 3.05) is 18.1 Å². The lowest BCUT2D eigenvalue weighted by Gasteiger charge is -2.13. The van der Waals surface area contributed by atoms with Crippen molar-refractivity contribution in [2.45, 2.75) is 18.2 Å². The third-order valence-electron chi connectivity index (χ3n) is 4.93. The van der Waals surface area contributed by atoms with Crippen LogP contribution in [0.15, 0.2) is 72.0 Å². The van der Waals surface area contributed by atoms with E-state index in [1.165, 1.54) is 4.90 Å². The third kappa shape index (κ3) is 4.66. The fourth-order valence-electron chi connectivity index (χ4n) is 3.31. The monoisotopic (exact) mass is 416 g/mol. The Morgan fingerprint density at radius 2 is 1.87 bits per heavy atom. The van der Waals surface area contributed by atoms with Crippen molar-refractivity contribution < 1.29 is 5.11 Å². The minimum absolute atomic E-state index is 0.228. The van der Waals surface area contributed by atoms with Gasteiger partial charge in [0.05, 0.1) is 12.0 Å². The minimum Gasteiger partial charge on any atom is -0.507 e. The number of nitrogens with zero attached hydrogens (tertiary/aromatic N) is 2. The van der Waals surface area contributed by atoms with Crippen molar-refractivity contribution in [3.05, 3.63) is 78.4 Å². The molecule has 0 radical (unpaired) electrons. The zero-order valence-corrected chi connectivity index (χ0v) is 17.8. The number of nitrogens with one attached hydrogen (secondary N) is 2. The first kappa shape index (κ1) is 20.0. The standard InChI is InChI=1S/C24H24N4OS/c1-16-3-8-23(29)21(11-16)22-12-18(17-4-6-20(30-2)7-5-17)13-24(28-22)26-10-9-19-14-25-15-27-19/h3-8,11-15,29H,9-10H2,1-2H3,(H,25,27)(H,26,28). The summed E-state index contributed by atoms with van der Waals surface area (Å²) in [7, 11) is 0. The van der Waals surface area contributed by atoms with E-state index < -0.39 is 0 Å². The number of thioether (sulfide) groups is 1. The Morgan fingerprint density at radius 3 is 2.60 bits per heavy atom. The molecule has 2 aromatic heterocycles. The Morgan fingerprint density at radius 1 is 1.03 bits per heavy atom. The van der Waals surface area contributed by atoms with Gasteiger partial charge in [-0.25, -0.2) is 9.97 Å². The quantitative estimate of drug-likeness (QED) is 0.346. The predicted molar refractivity (Wildman–Crippen MR) is 124 cm³/mol. The molecule has 3 N–H and O–H groups in total. The van der Waals surface area contributed by atoms with E-state index in [-0.39, 0.29) is 5.75 Å². The van der Waals surface area contributed by atoms with Crippen LogP contribution in [0.4, 0.5) is 5.82 Å². The van der Waals surface area contributed by atoms with Crippen molar-refractivity contribution in [1.29, 1.82) is 0 Å². The first-order chi connectivity index (χ1) is 14.6. The number of rotatable bonds is 7. The van der Waals surface area contributed by atoms with Crippen LogP contribution >= 0.6 is 11.8 Å². The van der Waals surface area contributed by atoms with E-state index >= 15 is 0 Å². The van der Waals surface area contributed by atoms with Gasteiger partial charge in [0.15, 0.2) is 0 Å². The molecule has 2 aromatic carbocycles. The Kier molecular flexibility index (Phi) is 6.05. The molecule has 0 atom stereocenters. The molecule has 5 nitrogen and oxygen atoms in total. The number of phenols is 1. The fraction of sp³-hybridized carbons (Fsp3) is 0.167. The van der Waals surface area contributed by atoms with Crippen LogP contribution in [0.3, 0.4) is 0 Å². The maximum Gasteiger partial charge on any atom is 0.127 e. The normalized spacial score (nSPS) is 10.9. The highest BCUT2D eigenvalue weighted by Gasteiger charge is 2.11. The number of hydrogen-bond donors (Lipinski definition) is 3. The van der Waals surface area contributed by atoms with E-state index in [0.29, 0.717) is 0 Å². The second-order valence-corrected chi connectivity index (χ2v) is 8.01. The van der Waals surface area contributed by atoms with Crippen LogP contribution in [0.25, 0.3) is 22.4 Å². The van der Waals surface area contributed by atoms with E-state index in [4.69, 9.17) is 4.98 Å². The number of H-pyrrole nitrogens is 1. The number of phenolic OH excluding ortho intramolecular Hbond substituents is 1. The molecule has 0 bridgehead atoms. The summed E-state index contributed by atoms with van der Waals surface area (Å²) < 4.78 is 0. The lowest BCUT2D eigenvalue weighted by Crippen LogP contribution is -2.07. The summed E-state index contributed by atoms with van der Waals surface area (Å²) in [6.45, 7) is 2.74. The number of hydrogen-bond acceptors (Lipinski definition) is 5. The predicted octanol–water partition coefficient (Wildman–Crippen LogP) is 5.53. The molecule has 0 unspecified atom stereocenters. The second-order valence-electron chi connectivity index (χ2n) is 7.13. The third-order valence-corrected chi connectivity index (χ3v) is 5.68. The molecule has 152 valence electrons. The molecule has 0 aliphatic carbocycles. The number of aromatic amines is 1. The van der Waals surface area contributed by atoms with Gasteiger partial charge in [-0.2, -0.15) is 0 Å². The molecule has 0 saturated heterocycles. The number of aromatic hydroxyl groups is 1. The van der Waals surface area contributed by atoms with Gasteiger partial charge < -0.3 is 15.4 Å². The van der Waals surface area contributed by atoms with Crippen molar-refractivity contribution in [3.8, 4) is 28.1 Å². The van der Waals surface area contributed by atoms with E-state index in [1.54, 1.807) is 24.2 Å². The molecule has 0 amide bonds. The fourth-order valence-corrected chi connectivity index (χ4v) is 3.72. The van der Waals surface area contributed by atoms with E-state index in [0.717, 1.165) is 52.4 Å². The molecule has 0 fully saturated rings. The number of aromatic nitrogens is 3. The zero-order chi connectivity index (χ0) is 20.9. The summed E-state index contributed by atoms with van der Waals surface area (Å²) in [5.74, 6) is 1.00. The molecule has 4 aromatic rings. The summed E-state index contributed by atoms with van der Waals surface area (Å²) in [5.41, 5.74) is 5.79. The zero-order valence-electron chi connectivity index (χ0n) is 17.0. The average molecular weight is 417 g/mol. The first-order valence-electron chi connectivity index (χ1n) is 9.80. The highest BCUT2D eigenvalue weighted by molar-refractivity contribution is 7.98. The van der Waals surface area contributed by atoms with Crippen molar-refractivity contribution in [2.24, 2.45) is 0 Å². The number of anilines is 1. The molecule has 30 heavy (non-hydrogen) atoms. The van der Waals surface area contributed by atoms with Gasteiger partial charge in [-0.3, -0.25) is 0 Å². The summed E-state index contributed by atoms with van der Waals surface area (Å²) in [5, 5.41) is 13.9. The maximum absolute atomic E-state index is 10.4. The highest BCUT2D eigenvalue weighted by atomic mass is 32.2. The second kappa shape index (κ2) is 9.05. The smallest absolute Gasteiger partial charge is 0.127 e. The minimum atomic E-state index is 0.228. The van der Waals surface area contributed by atoms with Gasteiger partial charge in [0.1, 0.15) is 11.6 Å². The average Bonchev–Trinajstić information content (AvgIpc) is 3.29. The molecular weight excluding hydrogens is 392 g/mol. The number of imidazole rings is 1. The molecule has 2 heterocycles. The summed E-state index contributed by atoms with van der Waals surface area (Å²) in [6.07, 6.45) is 6.40. The maximum atomic E-state index is 10.4. The molecule has 6 heteroatoms. The van der Waals surface area contributed by atoms with Crippen LogP contribution in [0.2, 0.25) is 0 Å². The Bertz CT molecular complexity index is 1120. The molecular formula is C24H24N4OS. The molecule has 0 saturated carbocycles. The van der Waals surface area contributed by atoms with Crippen LogP contribution in [-0.2, 0) is 6.42 Å². The molecule has 0 aliphatic rings. The van der Waals surface area contributed by atoms with Gasteiger partial charge in [0.2, 0.25) is 0 Å². The van der Waals surface area contributed by atoms with Gasteiger partial charge in [-0.15, -0.1) is 11.8 Å². The number of aryl methyl sites for hydroxylation is 1. The highest BCUT2D eigenvalue weighted by Crippen LogP contribution is 2.33. The number of benzene rings is 2. The van der Waals surface area contributed by atoms with Gasteiger partial charge in [0.25, 0.3) is 0 Å². The Labute approximate surface area is 180 Å². The Hall–Kier alpha value is -3.25. The summed E-state index contributed by atoms with van der Waals surface area (Å²) in [6, 6.07) is 18.1. The van der Waals surface area contributed by atoms with E-state index in [1.807, 2.05) is 31.3 Å². The van der Waals surface area contributed by atoms with Gasteiger partial charge >= 0.3 is 0 Å². The molecule has 4 rings (SSSR count). The SMILES string of the molecule is CSc1ccc(-c2cc(NCCc3cnc[nH]3)nc(-c3cc(C)ccc3O)c2)cc1. The topological polar surface area (TPSA) is 73.8 Å².